The number of thiophene rings is 1. The molecule has 0 aliphatic rings. The normalized spacial score (nSPS) is 11.1. The maximum absolute atomic E-state index is 12.0. The van der Waals surface area contributed by atoms with Crippen LogP contribution in [0.3, 0.4) is 0 Å². The van der Waals surface area contributed by atoms with Crippen LogP contribution in [0, 0.1) is 42.4 Å². The summed E-state index contributed by atoms with van der Waals surface area (Å²) in [5.74, 6) is -2.72. The number of carbonyl (C=O) groups is 2. The van der Waals surface area contributed by atoms with E-state index < -0.39 is 17.9 Å². The number of esters is 1. The number of nitrogen functional groups attached to an aromatic ring is 2. The maximum atomic E-state index is 12.0. The molecule has 1 unspecified atom stereocenters. The van der Waals surface area contributed by atoms with Crippen LogP contribution in [0.4, 0.5) is 16.4 Å². The number of hydrogen-bond acceptors (Lipinski definition) is 14. The number of aliphatic carboxylic acids is 1. The molecule has 0 aliphatic heterocycles. The second-order valence-electron chi connectivity index (χ2n) is 11.3. The number of aliphatic hydroxyl groups excluding tert-OH is 1. The number of benzene rings is 1. The van der Waals surface area contributed by atoms with Gasteiger partial charge < -0.3 is 50.3 Å². The Balaban J connectivity index is 0.00000176. The fourth-order valence-electron chi connectivity index (χ4n) is 4.47. The monoisotopic (exact) mass is 737 g/mol. The zero-order valence-corrected chi connectivity index (χ0v) is 33.3. The van der Waals surface area contributed by atoms with Gasteiger partial charge >= 0.3 is 35.5 Å². The summed E-state index contributed by atoms with van der Waals surface area (Å²) in [6.45, 7) is 9.27. The molecule has 13 nitrogen and oxygen atoms in total. The van der Waals surface area contributed by atoms with Gasteiger partial charge in [0.2, 0.25) is 0 Å². The van der Waals surface area contributed by atoms with Gasteiger partial charge in [0.15, 0.2) is 0 Å². The minimum Gasteiger partial charge on any atom is -0.550 e. The van der Waals surface area contributed by atoms with E-state index in [4.69, 9.17) is 46.0 Å². The van der Waals surface area contributed by atoms with E-state index in [1.807, 2.05) is 43.3 Å². The van der Waals surface area contributed by atoms with Gasteiger partial charge in [0.05, 0.1) is 58.2 Å². The summed E-state index contributed by atoms with van der Waals surface area (Å²) >= 11 is 1.16. The number of unbranched alkanes of at least 4 members (excludes halogenated alkanes) is 3. The molecule has 5 N–H and O–H groups in total. The summed E-state index contributed by atoms with van der Waals surface area (Å²) < 4.78 is 21.6. The maximum Gasteiger partial charge on any atom is 1.00 e. The molecule has 15 heteroatoms. The second-order valence-corrected chi connectivity index (χ2v) is 12.3. The summed E-state index contributed by atoms with van der Waals surface area (Å²) in [5.41, 5.74) is 15.3. The molecule has 1 atom stereocenters. The van der Waals surface area contributed by atoms with E-state index in [1.54, 1.807) is 13.0 Å². The SMILES string of the molecule is CCCCC/C=C/CC(CC(=O)OCCOCCOCCN(CCOCCO)c1ccc(N)c(C)c1)C(=O)[O-].Cc1c(C#N)sc(N)c1C#N.[Na+]. The molecule has 0 spiro atoms. The molecule has 2 aromatic rings. The van der Waals surface area contributed by atoms with Crippen LogP contribution in [0.2, 0.25) is 0 Å². The largest absolute Gasteiger partial charge is 1.00 e. The molecule has 0 saturated carbocycles. The van der Waals surface area contributed by atoms with Crippen molar-refractivity contribution in [2.75, 3.05) is 82.3 Å². The van der Waals surface area contributed by atoms with Crippen LogP contribution in [0.25, 0.3) is 0 Å². The number of ether oxygens (including phenoxy) is 4. The smallest absolute Gasteiger partial charge is 0.550 e. The number of nitriles is 2. The third-order valence-corrected chi connectivity index (χ3v) is 8.45. The number of rotatable bonds is 24. The predicted molar refractivity (Wildman–Crippen MR) is 192 cm³/mol. The van der Waals surface area contributed by atoms with Gasteiger partial charge in [-0.25, -0.2) is 0 Å². The minimum atomic E-state index is -1.25. The molecule has 2 rings (SSSR count). The van der Waals surface area contributed by atoms with E-state index in [0.29, 0.717) is 67.1 Å². The molecule has 1 aromatic carbocycles. The quantitative estimate of drug-likeness (QED) is 0.0444. The summed E-state index contributed by atoms with van der Waals surface area (Å²) in [5, 5.41) is 37.8. The van der Waals surface area contributed by atoms with Crippen LogP contribution < -0.4 is 51.0 Å². The summed E-state index contributed by atoms with van der Waals surface area (Å²) in [6.07, 6.45) is 8.03. The van der Waals surface area contributed by atoms with Gasteiger partial charge in [0.1, 0.15) is 28.6 Å². The number of aliphatic hydroxyl groups is 1. The molecular formula is C36H52N5NaO8S. The molecule has 0 bridgehead atoms. The van der Waals surface area contributed by atoms with Crippen LogP contribution in [0.5, 0.6) is 0 Å². The zero-order valence-electron chi connectivity index (χ0n) is 30.5. The number of carboxylic acid groups (broad SMARTS) is 1. The number of carboxylic acids is 1. The fourth-order valence-corrected chi connectivity index (χ4v) is 5.30. The Kier molecular flexibility index (Phi) is 27.6. The van der Waals surface area contributed by atoms with Gasteiger partial charge in [-0.15, -0.1) is 11.3 Å². The fraction of sp³-hybridized carbons (Fsp3) is 0.556. The van der Waals surface area contributed by atoms with Crippen molar-refractivity contribution in [3.8, 4) is 12.1 Å². The first-order valence-corrected chi connectivity index (χ1v) is 17.6. The zero-order chi connectivity index (χ0) is 37.1. The van der Waals surface area contributed by atoms with Crippen molar-refractivity contribution in [3.63, 3.8) is 0 Å². The van der Waals surface area contributed by atoms with E-state index in [0.717, 1.165) is 54.0 Å². The van der Waals surface area contributed by atoms with Crippen molar-refractivity contribution in [1.29, 1.82) is 10.5 Å². The van der Waals surface area contributed by atoms with E-state index in [2.05, 4.69) is 11.8 Å². The Bertz CT molecular complexity index is 1410. The first-order chi connectivity index (χ1) is 24.1. The standard InChI is InChI=1S/C29H48N2O8.C7H5N3S.Na/c1-3-4-5-6-7-8-9-25(29(34)35)23-28(33)39-21-20-38-19-18-37-16-13-31(12-15-36-17-14-32)26-10-11-27(30)24(2)22-26;1-4-5(2-8)7(10)11-6(4)3-9;/h7-8,10-11,22,25,32H,3-6,9,12-21,23,30H2,1-2H3,(H,34,35);10H2,1H3;/q;;+1/p-1/b8-7+;;. The van der Waals surface area contributed by atoms with Crippen molar-refractivity contribution >= 4 is 39.7 Å². The molecular weight excluding hydrogens is 685 g/mol. The van der Waals surface area contributed by atoms with Gasteiger partial charge in [-0.1, -0.05) is 31.9 Å². The van der Waals surface area contributed by atoms with E-state index >= 15 is 0 Å². The average molecular weight is 738 g/mol. The van der Waals surface area contributed by atoms with Gasteiger partial charge in [-0.2, -0.15) is 10.5 Å². The Hall–Kier alpha value is -3.18. The summed E-state index contributed by atoms with van der Waals surface area (Å²) in [6, 6.07) is 9.78. The van der Waals surface area contributed by atoms with Crippen molar-refractivity contribution in [3.05, 3.63) is 51.9 Å². The van der Waals surface area contributed by atoms with Crippen LogP contribution in [0.15, 0.2) is 30.4 Å². The second kappa shape index (κ2) is 29.4. The first-order valence-electron chi connectivity index (χ1n) is 16.7. The number of anilines is 3. The van der Waals surface area contributed by atoms with Gasteiger partial charge in [0.25, 0.3) is 0 Å². The number of carbonyl (C=O) groups excluding carboxylic acids is 2. The van der Waals surface area contributed by atoms with Crippen LogP contribution in [0.1, 0.15) is 67.0 Å². The van der Waals surface area contributed by atoms with E-state index in [1.165, 1.54) is 0 Å². The molecule has 0 aliphatic carbocycles. The van der Waals surface area contributed by atoms with E-state index in [9.17, 15) is 14.7 Å². The number of hydrogen-bond donors (Lipinski definition) is 3. The number of aryl methyl sites for hydroxylation is 1. The van der Waals surface area contributed by atoms with Crippen molar-refractivity contribution in [1.82, 2.24) is 0 Å². The van der Waals surface area contributed by atoms with Crippen LogP contribution >= 0.6 is 11.3 Å². The topological polar surface area (TPSA) is 217 Å². The number of allylic oxidation sites excluding steroid dienone is 2. The Morgan fingerprint density at radius 3 is 2.18 bits per heavy atom. The Labute approximate surface area is 328 Å². The predicted octanol–water partition coefficient (Wildman–Crippen LogP) is 0.638. The molecule has 0 radical (unpaired) electrons. The van der Waals surface area contributed by atoms with E-state index in [-0.39, 0.29) is 62.2 Å². The molecule has 1 heterocycles. The molecule has 276 valence electrons. The molecule has 0 saturated heterocycles. The van der Waals surface area contributed by atoms with Crippen molar-refractivity contribution in [2.45, 2.75) is 59.3 Å². The third kappa shape index (κ3) is 20.4. The van der Waals surface area contributed by atoms with Gasteiger partial charge in [-0.05, 0) is 62.4 Å². The first kappa shape index (κ1) is 47.8. The molecule has 51 heavy (non-hydrogen) atoms. The summed E-state index contributed by atoms with van der Waals surface area (Å²) in [4.78, 5) is 26.0. The van der Waals surface area contributed by atoms with Crippen LogP contribution in [-0.2, 0) is 28.5 Å². The number of nitrogens with two attached hydrogens (primary N) is 2. The molecule has 1 aromatic heterocycles. The van der Waals surface area contributed by atoms with Crippen molar-refractivity contribution in [2.24, 2.45) is 5.92 Å². The minimum absolute atomic E-state index is 0. The van der Waals surface area contributed by atoms with Gasteiger partial charge in [-0.3, -0.25) is 4.79 Å². The third-order valence-electron chi connectivity index (χ3n) is 7.42. The van der Waals surface area contributed by atoms with Crippen LogP contribution in [-0.4, -0.2) is 83.0 Å². The van der Waals surface area contributed by atoms with Crippen molar-refractivity contribution < 1.29 is 68.3 Å². The van der Waals surface area contributed by atoms with Gasteiger partial charge in [0, 0.05) is 36.4 Å². The Morgan fingerprint density at radius 2 is 1.63 bits per heavy atom. The number of nitrogens with zero attached hydrogens (tertiary/aromatic N) is 3. The molecule has 0 amide bonds. The Morgan fingerprint density at radius 1 is 0.980 bits per heavy atom. The summed E-state index contributed by atoms with van der Waals surface area (Å²) in [7, 11) is 0. The average Bonchev–Trinajstić information content (AvgIpc) is 3.38. The molecule has 0 fully saturated rings.